The van der Waals surface area contributed by atoms with Crippen LogP contribution in [0.25, 0.3) is 0 Å². The standard InChI is InChI=1S/C9H12N2O2/c10-8-1-3-9(4-2-8)13-7-11(12)5-6-11/h1-4H,5-7,10H2. The Kier molecular flexibility index (Phi) is 1.86. The van der Waals surface area contributed by atoms with Gasteiger partial charge < -0.3 is 20.3 Å². The van der Waals surface area contributed by atoms with Crippen molar-refractivity contribution in [3.8, 4) is 5.75 Å². The first-order valence-electron chi connectivity index (χ1n) is 4.23. The fourth-order valence-electron chi connectivity index (χ4n) is 0.997. The van der Waals surface area contributed by atoms with E-state index in [9.17, 15) is 5.21 Å². The van der Waals surface area contributed by atoms with Crippen LogP contribution in [0.3, 0.4) is 0 Å². The van der Waals surface area contributed by atoms with Crippen molar-refractivity contribution < 1.29 is 9.38 Å². The number of hydroxylamine groups is 3. The van der Waals surface area contributed by atoms with Crippen molar-refractivity contribution in [2.75, 3.05) is 25.6 Å². The molecule has 0 unspecified atom stereocenters. The molecule has 70 valence electrons. The summed E-state index contributed by atoms with van der Waals surface area (Å²) < 4.78 is 5.07. The van der Waals surface area contributed by atoms with Gasteiger partial charge in [0, 0.05) is 5.69 Å². The Hall–Kier alpha value is -1.26. The van der Waals surface area contributed by atoms with E-state index in [1.54, 1.807) is 24.3 Å². The van der Waals surface area contributed by atoms with Gasteiger partial charge in [-0.05, 0) is 24.3 Å². The van der Waals surface area contributed by atoms with E-state index in [2.05, 4.69) is 0 Å². The average molecular weight is 180 g/mol. The van der Waals surface area contributed by atoms with Crippen molar-refractivity contribution in [3.05, 3.63) is 29.5 Å². The summed E-state index contributed by atoms with van der Waals surface area (Å²) in [5.74, 6) is 0.703. The number of anilines is 1. The van der Waals surface area contributed by atoms with Crippen LogP contribution in [0.2, 0.25) is 0 Å². The Balaban J connectivity index is 1.91. The van der Waals surface area contributed by atoms with Crippen LogP contribution >= 0.6 is 0 Å². The van der Waals surface area contributed by atoms with E-state index in [0.29, 0.717) is 24.5 Å². The SMILES string of the molecule is Nc1ccc(OC[N+]2([O-])CC2)cc1. The van der Waals surface area contributed by atoms with Gasteiger partial charge in [0.05, 0.1) is 0 Å². The molecule has 0 aliphatic carbocycles. The van der Waals surface area contributed by atoms with Crippen LogP contribution in [0.5, 0.6) is 5.75 Å². The molecule has 0 saturated carbocycles. The third kappa shape index (κ3) is 2.11. The summed E-state index contributed by atoms with van der Waals surface area (Å²) in [5.41, 5.74) is 6.20. The van der Waals surface area contributed by atoms with Crippen LogP contribution in [-0.4, -0.2) is 24.5 Å². The first-order valence-corrected chi connectivity index (χ1v) is 4.23. The first-order chi connectivity index (χ1) is 6.18. The van der Waals surface area contributed by atoms with Crippen LogP contribution in [0.4, 0.5) is 5.69 Å². The van der Waals surface area contributed by atoms with Crippen molar-refractivity contribution in [2.45, 2.75) is 0 Å². The number of benzene rings is 1. The number of rotatable bonds is 3. The molecular weight excluding hydrogens is 168 g/mol. The van der Waals surface area contributed by atoms with Crippen molar-refractivity contribution in [1.82, 2.24) is 0 Å². The molecule has 0 aromatic heterocycles. The van der Waals surface area contributed by atoms with Gasteiger partial charge in [-0.1, -0.05) is 0 Å². The minimum Gasteiger partial charge on any atom is -0.630 e. The summed E-state index contributed by atoms with van der Waals surface area (Å²) in [5, 5.41) is 11.2. The predicted molar refractivity (Wildman–Crippen MR) is 49.7 cm³/mol. The van der Waals surface area contributed by atoms with Gasteiger partial charge in [0.2, 0.25) is 6.73 Å². The molecule has 4 heteroatoms. The molecule has 0 spiro atoms. The van der Waals surface area contributed by atoms with Crippen LogP contribution in [0.15, 0.2) is 24.3 Å². The van der Waals surface area contributed by atoms with E-state index in [1.807, 2.05) is 0 Å². The van der Waals surface area contributed by atoms with Crippen molar-refractivity contribution in [3.63, 3.8) is 0 Å². The molecule has 0 atom stereocenters. The van der Waals surface area contributed by atoms with Gasteiger partial charge in [0.15, 0.2) is 0 Å². The van der Waals surface area contributed by atoms with Crippen molar-refractivity contribution >= 4 is 5.69 Å². The predicted octanol–water partition coefficient (Wildman–Crippen LogP) is 0.933. The Bertz CT molecular complexity index is 293. The second kappa shape index (κ2) is 2.90. The molecule has 1 aliphatic rings. The fourth-order valence-corrected chi connectivity index (χ4v) is 0.997. The lowest BCUT2D eigenvalue weighted by Gasteiger charge is -2.20. The van der Waals surface area contributed by atoms with E-state index in [-0.39, 0.29) is 11.4 Å². The molecule has 0 amide bonds. The molecule has 1 heterocycles. The maximum absolute atomic E-state index is 11.2. The van der Waals surface area contributed by atoms with Crippen LogP contribution in [-0.2, 0) is 0 Å². The molecule has 0 bridgehead atoms. The first kappa shape index (κ1) is 8.34. The van der Waals surface area contributed by atoms with Crippen LogP contribution < -0.4 is 10.5 Å². The van der Waals surface area contributed by atoms with Gasteiger partial charge in [-0.2, -0.15) is 0 Å². The molecular formula is C9H12N2O2. The minimum atomic E-state index is -0.218. The number of quaternary nitrogens is 1. The Morgan fingerprint density at radius 3 is 2.46 bits per heavy atom. The highest BCUT2D eigenvalue weighted by Crippen LogP contribution is 2.20. The second-order valence-electron chi connectivity index (χ2n) is 3.35. The topological polar surface area (TPSA) is 58.3 Å². The van der Waals surface area contributed by atoms with Crippen molar-refractivity contribution in [1.29, 1.82) is 0 Å². The average Bonchev–Trinajstić information content (AvgIpc) is 2.84. The monoisotopic (exact) mass is 180 g/mol. The highest BCUT2D eigenvalue weighted by molar-refractivity contribution is 5.41. The quantitative estimate of drug-likeness (QED) is 0.326. The fraction of sp³-hybridized carbons (Fsp3) is 0.333. The molecule has 1 aromatic rings. The third-order valence-electron chi connectivity index (χ3n) is 2.07. The van der Waals surface area contributed by atoms with E-state index in [1.165, 1.54) is 0 Å². The second-order valence-corrected chi connectivity index (χ2v) is 3.35. The summed E-state index contributed by atoms with van der Waals surface area (Å²) in [7, 11) is 0. The summed E-state index contributed by atoms with van der Waals surface area (Å²) in [6, 6.07) is 7.05. The summed E-state index contributed by atoms with van der Waals surface area (Å²) in [6.07, 6.45) is 0. The Morgan fingerprint density at radius 1 is 1.31 bits per heavy atom. The van der Waals surface area contributed by atoms with E-state index in [4.69, 9.17) is 10.5 Å². The highest BCUT2D eigenvalue weighted by Gasteiger charge is 2.32. The third-order valence-corrected chi connectivity index (χ3v) is 2.07. The van der Waals surface area contributed by atoms with Gasteiger partial charge >= 0.3 is 0 Å². The molecule has 0 radical (unpaired) electrons. The Labute approximate surface area is 76.7 Å². The lowest BCUT2D eigenvalue weighted by atomic mass is 10.3. The van der Waals surface area contributed by atoms with E-state index < -0.39 is 0 Å². The zero-order chi connectivity index (χ0) is 9.31. The van der Waals surface area contributed by atoms with Gasteiger partial charge in [-0.25, -0.2) is 0 Å². The number of ether oxygens (including phenoxy) is 1. The molecule has 2 rings (SSSR count). The maximum atomic E-state index is 11.2. The number of nitrogen functional groups attached to an aromatic ring is 1. The van der Waals surface area contributed by atoms with E-state index >= 15 is 0 Å². The van der Waals surface area contributed by atoms with Gasteiger partial charge in [0.25, 0.3) is 0 Å². The van der Waals surface area contributed by atoms with Crippen LogP contribution in [0, 0.1) is 5.21 Å². The Morgan fingerprint density at radius 2 is 1.92 bits per heavy atom. The molecule has 2 N–H and O–H groups in total. The maximum Gasteiger partial charge on any atom is 0.224 e. The molecule has 13 heavy (non-hydrogen) atoms. The summed E-state index contributed by atoms with van der Waals surface area (Å²) >= 11 is 0. The zero-order valence-electron chi connectivity index (χ0n) is 7.27. The minimum absolute atomic E-state index is 0.212. The highest BCUT2D eigenvalue weighted by atomic mass is 16.6. The molecule has 4 nitrogen and oxygen atoms in total. The van der Waals surface area contributed by atoms with Gasteiger partial charge in [-0.3, -0.25) is 0 Å². The number of nitrogens with two attached hydrogens (primary N) is 1. The van der Waals surface area contributed by atoms with Gasteiger partial charge in [-0.15, -0.1) is 0 Å². The molecule has 1 fully saturated rings. The van der Waals surface area contributed by atoms with E-state index in [0.717, 1.165) is 0 Å². The van der Waals surface area contributed by atoms with Gasteiger partial charge in [0.1, 0.15) is 18.8 Å². The molecule has 1 saturated heterocycles. The van der Waals surface area contributed by atoms with Crippen molar-refractivity contribution in [2.24, 2.45) is 0 Å². The molecule has 1 aliphatic heterocycles. The number of hydrogen-bond donors (Lipinski definition) is 1. The lowest BCUT2D eigenvalue weighted by Crippen LogP contribution is -2.23. The summed E-state index contributed by atoms with van der Waals surface area (Å²) in [6.45, 7) is 1.56. The largest absolute Gasteiger partial charge is 0.630 e. The molecule has 1 aromatic carbocycles. The smallest absolute Gasteiger partial charge is 0.224 e. The summed E-state index contributed by atoms with van der Waals surface area (Å²) in [4.78, 5) is 0. The van der Waals surface area contributed by atoms with Crippen LogP contribution in [0.1, 0.15) is 0 Å². The lowest BCUT2D eigenvalue weighted by molar-refractivity contribution is -0.764. The number of hydrogen-bond acceptors (Lipinski definition) is 3. The number of nitrogens with zero attached hydrogens (tertiary/aromatic N) is 1. The zero-order valence-corrected chi connectivity index (χ0v) is 7.27. The normalized spacial score (nSPS) is 18.2.